The third-order valence-electron chi connectivity index (χ3n) is 4.67. The van der Waals surface area contributed by atoms with Gasteiger partial charge in [-0.15, -0.1) is 0 Å². The van der Waals surface area contributed by atoms with Gasteiger partial charge < -0.3 is 5.32 Å². The molecule has 2 aromatic carbocycles. The van der Waals surface area contributed by atoms with Crippen molar-refractivity contribution in [3.05, 3.63) is 65.5 Å². The second kappa shape index (κ2) is 6.72. The summed E-state index contributed by atoms with van der Waals surface area (Å²) in [7, 11) is 0. The Kier molecular flexibility index (Phi) is 4.37. The van der Waals surface area contributed by atoms with Crippen LogP contribution in [0.25, 0.3) is 16.9 Å². The van der Waals surface area contributed by atoms with Crippen LogP contribution in [0.1, 0.15) is 24.0 Å². The van der Waals surface area contributed by atoms with Crippen molar-refractivity contribution in [2.45, 2.75) is 25.4 Å². The van der Waals surface area contributed by atoms with Crippen molar-refractivity contribution < 1.29 is 17.6 Å². The van der Waals surface area contributed by atoms with Gasteiger partial charge in [0.25, 0.3) is 0 Å². The Labute approximate surface area is 153 Å². The van der Waals surface area contributed by atoms with E-state index in [1.54, 1.807) is 24.3 Å². The molecule has 140 valence electrons. The number of nitrogens with one attached hydrogen (secondary N) is 1. The minimum atomic E-state index is -4.43. The molecule has 0 aliphatic carbocycles. The molecular formula is C20H17F4N3. The summed E-state index contributed by atoms with van der Waals surface area (Å²) in [6.45, 7) is 0.704. The number of hydrogen-bond donors (Lipinski definition) is 1. The van der Waals surface area contributed by atoms with Crippen molar-refractivity contribution in [3.8, 4) is 16.9 Å². The molecule has 0 amide bonds. The summed E-state index contributed by atoms with van der Waals surface area (Å²) >= 11 is 0. The smallest absolute Gasteiger partial charge is 0.370 e. The van der Waals surface area contributed by atoms with Crippen molar-refractivity contribution in [2.24, 2.45) is 0 Å². The van der Waals surface area contributed by atoms with E-state index in [1.165, 1.54) is 16.8 Å². The topological polar surface area (TPSA) is 29.9 Å². The summed E-state index contributed by atoms with van der Waals surface area (Å²) in [6.07, 6.45) is -1.95. The first-order valence-electron chi connectivity index (χ1n) is 8.73. The maximum absolute atomic E-state index is 14.3. The average molecular weight is 375 g/mol. The molecule has 0 fully saturated rings. The molecule has 1 aromatic heterocycles. The molecule has 0 atom stereocenters. The molecule has 1 aliphatic heterocycles. The van der Waals surface area contributed by atoms with Crippen molar-refractivity contribution >= 4 is 5.82 Å². The third-order valence-corrected chi connectivity index (χ3v) is 4.67. The van der Waals surface area contributed by atoms with E-state index >= 15 is 0 Å². The maximum atomic E-state index is 14.3. The number of nitrogens with zero attached hydrogens (tertiary/aromatic N) is 2. The van der Waals surface area contributed by atoms with Crippen molar-refractivity contribution in [2.75, 3.05) is 11.9 Å². The van der Waals surface area contributed by atoms with E-state index in [0.717, 1.165) is 30.5 Å². The van der Waals surface area contributed by atoms with Gasteiger partial charge >= 0.3 is 6.18 Å². The number of anilines is 1. The highest BCUT2D eigenvalue weighted by Gasteiger charge is 2.31. The van der Waals surface area contributed by atoms with Gasteiger partial charge in [0.1, 0.15) is 17.3 Å². The predicted molar refractivity (Wildman–Crippen MR) is 95.4 cm³/mol. The largest absolute Gasteiger partial charge is 0.416 e. The fraction of sp³-hybridized carbons (Fsp3) is 0.250. The van der Waals surface area contributed by atoms with Gasteiger partial charge in [0.15, 0.2) is 0 Å². The van der Waals surface area contributed by atoms with E-state index in [2.05, 4.69) is 10.4 Å². The molecule has 0 bridgehead atoms. The predicted octanol–water partition coefficient (Wildman–Crippen LogP) is 5.45. The Morgan fingerprint density at radius 1 is 1.00 bits per heavy atom. The fourth-order valence-corrected chi connectivity index (χ4v) is 3.37. The highest BCUT2D eigenvalue weighted by molar-refractivity contribution is 5.72. The zero-order chi connectivity index (χ0) is 19.0. The van der Waals surface area contributed by atoms with Gasteiger partial charge in [0, 0.05) is 17.7 Å². The van der Waals surface area contributed by atoms with E-state index < -0.39 is 17.6 Å². The molecule has 0 unspecified atom stereocenters. The highest BCUT2D eigenvalue weighted by atomic mass is 19.4. The molecule has 4 rings (SSSR count). The number of halogens is 4. The minimum Gasteiger partial charge on any atom is -0.370 e. The lowest BCUT2D eigenvalue weighted by molar-refractivity contribution is -0.137. The molecule has 0 spiro atoms. The third kappa shape index (κ3) is 3.29. The van der Waals surface area contributed by atoms with Crippen LogP contribution in [0.2, 0.25) is 0 Å². The van der Waals surface area contributed by atoms with Crippen LogP contribution < -0.4 is 5.32 Å². The number of fused-ring (bicyclic) bond motifs is 1. The number of benzene rings is 2. The van der Waals surface area contributed by atoms with Gasteiger partial charge in [-0.25, -0.2) is 9.07 Å². The molecule has 27 heavy (non-hydrogen) atoms. The Hall–Kier alpha value is -2.83. The SMILES string of the molecule is Fc1ccccc1-n1nc(-c2cccc(C(F)(F)F)c2)c2c1NCCCC2. The maximum Gasteiger partial charge on any atom is 0.416 e. The zero-order valence-corrected chi connectivity index (χ0v) is 14.4. The Bertz CT molecular complexity index is 976. The van der Waals surface area contributed by atoms with Crippen LogP contribution in [-0.2, 0) is 12.6 Å². The molecule has 3 aromatic rings. The number of rotatable bonds is 2. The van der Waals surface area contributed by atoms with Crippen LogP contribution in [0, 0.1) is 5.82 Å². The summed E-state index contributed by atoms with van der Waals surface area (Å²) in [5, 5.41) is 7.77. The van der Waals surface area contributed by atoms with Crippen LogP contribution in [-0.4, -0.2) is 16.3 Å². The molecule has 7 heteroatoms. The Morgan fingerprint density at radius 3 is 2.59 bits per heavy atom. The highest BCUT2D eigenvalue weighted by Crippen LogP contribution is 2.37. The van der Waals surface area contributed by atoms with E-state index in [1.807, 2.05) is 0 Å². The lowest BCUT2D eigenvalue weighted by Gasteiger charge is -2.09. The molecule has 3 nitrogen and oxygen atoms in total. The number of para-hydroxylation sites is 1. The first-order valence-corrected chi connectivity index (χ1v) is 8.73. The minimum absolute atomic E-state index is 0.265. The standard InChI is InChI=1S/C20H17F4N3/c21-16-9-1-2-10-17(16)27-19-15(8-3-4-11-25-19)18(26-27)13-6-5-7-14(12-13)20(22,23)24/h1-2,5-7,9-10,12,25H,3-4,8,11H2. The van der Waals surface area contributed by atoms with Crippen molar-refractivity contribution in [1.82, 2.24) is 9.78 Å². The van der Waals surface area contributed by atoms with Gasteiger partial charge in [-0.05, 0) is 43.5 Å². The Morgan fingerprint density at radius 2 is 1.81 bits per heavy atom. The summed E-state index contributed by atoms with van der Waals surface area (Å²) in [6, 6.07) is 11.3. The van der Waals surface area contributed by atoms with Crippen LogP contribution in [0.15, 0.2) is 48.5 Å². The first kappa shape index (κ1) is 17.6. The average Bonchev–Trinajstić information content (AvgIpc) is 2.83. The molecule has 1 N–H and O–H groups in total. The molecule has 1 aliphatic rings. The van der Waals surface area contributed by atoms with E-state index in [-0.39, 0.29) is 5.69 Å². The van der Waals surface area contributed by atoms with Crippen LogP contribution in [0.3, 0.4) is 0 Å². The number of alkyl halides is 3. The monoisotopic (exact) mass is 375 g/mol. The molecule has 0 saturated carbocycles. The Balaban J connectivity index is 1.91. The number of aromatic nitrogens is 2. The lowest BCUT2D eigenvalue weighted by Crippen LogP contribution is -2.08. The fourth-order valence-electron chi connectivity index (χ4n) is 3.37. The first-order chi connectivity index (χ1) is 12.9. The summed E-state index contributed by atoms with van der Waals surface area (Å²) in [4.78, 5) is 0. The normalized spacial score (nSPS) is 14.4. The molecule has 0 saturated heterocycles. The quantitative estimate of drug-likeness (QED) is 0.604. The van der Waals surface area contributed by atoms with Crippen molar-refractivity contribution in [3.63, 3.8) is 0 Å². The van der Waals surface area contributed by atoms with Crippen LogP contribution in [0.5, 0.6) is 0 Å². The molecule has 0 radical (unpaired) electrons. The second-order valence-corrected chi connectivity index (χ2v) is 6.50. The van der Waals surface area contributed by atoms with Crippen LogP contribution >= 0.6 is 0 Å². The molecular weight excluding hydrogens is 358 g/mol. The van der Waals surface area contributed by atoms with Gasteiger partial charge in [0.05, 0.1) is 11.3 Å². The van der Waals surface area contributed by atoms with E-state index in [4.69, 9.17) is 0 Å². The zero-order valence-electron chi connectivity index (χ0n) is 14.4. The summed E-state index contributed by atoms with van der Waals surface area (Å²) < 4.78 is 55.2. The number of hydrogen-bond acceptors (Lipinski definition) is 2. The van der Waals surface area contributed by atoms with Gasteiger partial charge in [-0.3, -0.25) is 0 Å². The summed E-state index contributed by atoms with van der Waals surface area (Å²) in [5.41, 5.74) is 1.18. The second-order valence-electron chi connectivity index (χ2n) is 6.50. The van der Waals surface area contributed by atoms with Gasteiger partial charge in [-0.1, -0.05) is 24.3 Å². The molecule has 2 heterocycles. The lowest BCUT2D eigenvalue weighted by atomic mass is 10.0. The van der Waals surface area contributed by atoms with Gasteiger partial charge in [-0.2, -0.15) is 18.3 Å². The van der Waals surface area contributed by atoms with Gasteiger partial charge in [0.2, 0.25) is 0 Å². The van der Waals surface area contributed by atoms with E-state index in [9.17, 15) is 17.6 Å². The van der Waals surface area contributed by atoms with E-state index in [0.29, 0.717) is 30.0 Å². The van der Waals surface area contributed by atoms with Crippen molar-refractivity contribution in [1.29, 1.82) is 0 Å². The summed E-state index contributed by atoms with van der Waals surface area (Å²) in [5.74, 6) is 0.203. The van der Waals surface area contributed by atoms with Crippen LogP contribution in [0.4, 0.5) is 23.4 Å².